The Kier molecular flexibility index (Phi) is 5.19. The highest BCUT2D eigenvalue weighted by atomic mass is 35.5. The van der Waals surface area contributed by atoms with Crippen LogP contribution in [0.4, 0.5) is 17.1 Å². The standard InChI is InChI=1S/C18H14ClN3O4/c19-13-3-1-4-14(10-13)21-18(23)12-6-7-16(17(9-12)22(24)25)20-11-15-5-2-8-26-15/h1-10,20H,11H2,(H,21,23). The molecule has 0 atom stereocenters. The number of rotatable bonds is 6. The molecule has 1 aromatic heterocycles. The molecule has 7 nitrogen and oxygen atoms in total. The Balaban J connectivity index is 1.78. The molecule has 2 N–H and O–H groups in total. The number of halogens is 1. The number of carbonyl (C=O) groups is 1. The topological polar surface area (TPSA) is 97.4 Å². The fourth-order valence-corrected chi connectivity index (χ4v) is 2.53. The summed E-state index contributed by atoms with van der Waals surface area (Å²) in [5.41, 5.74) is 0.770. The van der Waals surface area contributed by atoms with Gasteiger partial charge in [0.15, 0.2) is 0 Å². The lowest BCUT2D eigenvalue weighted by molar-refractivity contribution is -0.384. The number of nitro groups is 1. The molecular formula is C18H14ClN3O4. The van der Waals surface area contributed by atoms with E-state index in [9.17, 15) is 14.9 Å². The summed E-state index contributed by atoms with van der Waals surface area (Å²) in [7, 11) is 0. The summed E-state index contributed by atoms with van der Waals surface area (Å²) < 4.78 is 5.19. The minimum Gasteiger partial charge on any atom is -0.467 e. The van der Waals surface area contributed by atoms with Gasteiger partial charge in [-0.15, -0.1) is 0 Å². The van der Waals surface area contributed by atoms with Crippen LogP contribution in [-0.4, -0.2) is 10.8 Å². The summed E-state index contributed by atoms with van der Waals surface area (Å²) in [5, 5.41) is 17.4. The molecule has 0 radical (unpaired) electrons. The minimum atomic E-state index is -0.541. The maximum atomic E-state index is 12.3. The van der Waals surface area contributed by atoms with E-state index in [4.69, 9.17) is 16.0 Å². The van der Waals surface area contributed by atoms with Gasteiger partial charge in [-0.2, -0.15) is 0 Å². The summed E-state index contributed by atoms with van der Waals surface area (Å²) in [5.74, 6) is 0.176. The Hall–Kier alpha value is -3.32. The second kappa shape index (κ2) is 7.71. The number of carbonyl (C=O) groups excluding carboxylic acids is 1. The zero-order valence-corrected chi connectivity index (χ0v) is 14.2. The first-order valence-electron chi connectivity index (χ1n) is 7.64. The average molecular weight is 372 g/mol. The van der Waals surface area contributed by atoms with Crippen molar-refractivity contribution in [3.8, 4) is 0 Å². The van der Waals surface area contributed by atoms with Gasteiger partial charge in [0.05, 0.1) is 17.7 Å². The average Bonchev–Trinajstić information content (AvgIpc) is 3.13. The first-order valence-corrected chi connectivity index (χ1v) is 8.02. The molecule has 0 aliphatic heterocycles. The summed E-state index contributed by atoms with van der Waals surface area (Å²) in [4.78, 5) is 23.2. The predicted octanol–water partition coefficient (Wildman–Crippen LogP) is 4.71. The number of nitrogens with zero attached hydrogens (tertiary/aromatic N) is 1. The third-order valence-electron chi connectivity index (χ3n) is 3.57. The van der Waals surface area contributed by atoms with Crippen molar-refractivity contribution in [3.05, 3.63) is 87.3 Å². The number of amides is 1. The second-order valence-electron chi connectivity index (χ2n) is 5.39. The molecule has 1 heterocycles. The lowest BCUT2D eigenvalue weighted by Crippen LogP contribution is -2.12. The third-order valence-corrected chi connectivity index (χ3v) is 3.81. The molecule has 0 fully saturated rings. The molecule has 8 heteroatoms. The Bertz CT molecular complexity index is 941. The van der Waals surface area contributed by atoms with Crippen LogP contribution in [0.15, 0.2) is 65.3 Å². The number of anilines is 2. The van der Waals surface area contributed by atoms with E-state index in [1.165, 1.54) is 24.5 Å². The minimum absolute atomic E-state index is 0.167. The number of hydrogen-bond acceptors (Lipinski definition) is 5. The zero-order chi connectivity index (χ0) is 18.5. The summed E-state index contributed by atoms with van der Waals surface area (Å²) in [6, 6.07) is 14.4. The van der Waals surface area contributed by atoms with Crippen LogP contribution in [0.3, 0.4) is 0 Å². The van der Waals surface area contributed by atoms with Crippen LogP contribution in [0.1, 0.15) is 16.1 Å². The van der Waals surface area contributed by atoms with Crippen molar-refractivity contribution in [3.63, 3.8) is 0 Å². The molecule has 0 unspecified atom stereocenters. The number of benzene rings is 2. The van der Waals surface area contributed by atoms with Crippen LogP contribution < -0.4 is 10.6 Å². The van der Waals surface area contributed by atoms with Crippen molar-refractivity contribution >= 4 is 34.6 Å². The highest BCUT2D eigenvalue weighted by Gasteiger charge is 2.18. The SMILES string of the molecule is O=C(Nc1cccc(Cl)c1)c1ccc(NCc2ccco2)c([N+](=O)[O-])c1. The van der Waals surface area contributed by atoms with Gasteiger partial charge in [0, 0.05) is 22.3 Å². The first kappa shape index (κ1) is 17.5. The van der Waals surface area contributed by atoms with Gasteiger partial charge < -0.3 is 15.1 Å². The van der Waals surface area contributed by atoms with E-state index in [0.29, 0.717) is 28.7 Å². The van der Waals surface area contributed by atoms with Crippen LogP contribution in [-0.2, 0) is 6.54 Å². The van der Waals surface area contributed by atoms with E-state index in [1.54, 1.807) is 36.4 Å². The number of nitrogens with one attached hydrogen (secondary N) is 2. The Labute approximate surface area is 153 Å². The Morgan fingerprint density at radius 3 is 2.69 bits per heavy atom. The highest BCUT2D eigenvalue weighted by molar-refractivity contribution is 6.31. The van der Waals surface area contributed by atoms with Crippen LogP contribution >= 0.6 is 11.6 Å². The Morgan fingerprint density at radius 2 is 2.00 bits per heavy atom. The van der Waals surface area contributed by atoms with Gasteiger partial charge in [-0.25, -0.2) is 0 Å². The first-order chi connectivity index (χ1) is 12.5. The van der Waals surface area contributed by atoms with Crippen LogP contribution in [0.5, 0.6) is 0 Å². The number of hydrogen-bond donors (Lipinski definition) is 2. The summed E-state index contributed by atoms with van der Waals surface area (Å²) in [6.07, 6.45) is 1.52. The summed E-state index contributed by atoms with van der Waals surface area (Å²) in [6.45, 7) is 0.294. The molecule has 26 heavy (non-hydrogen) atoms. The van der Waals surface area contributed by atoms with Crippen molar-refractivity contribution in [2.45, 2.75) is 6.54 Å². The fourth-order valence-electron chi connectivity index (χ4n) is 2.34. The van der Waals surface area contributed by atoms with Gasteiger partial charge >= 0.3 is 0 Å². The fraction of sp³-hybridized carbons (Fsp3) is 0.0556. The quantitative estimate of drug-likeness (QED) is 0.483. The molecule has 0 saturated carbocycles. The van der Waals surface area contributed by atoms with Gasteiger partial charge in [-0.1, -0.05) is 17.7 Å². The smallest absolute Gasteiger partial charge is 0.293 e. The van der Waals surface area contributed by atoms with Crippen LogP contribution in [0, 0.1) is 10.1 Å². The molecular weight excluding hydrogens is 358 g/mol. The van der Waals surface area contributed by atoms with Gasteiger partial charge in [-0.3, -0.25) is 14.9 Å². The van der Waals surface area contributed by atoms with E-state index in [0.717, 1.165) is 0 Å². The van der Waals surface area contributed by atoms with E-state index in [1.807, 2.05) is 0 Å². The monoisotopic (exact) mass is 371 g/mol. The van der Waals surface area contributed by atoms with Gasteiger partial charge in [0.2, 0.25) is 0 Å². The van der Waals surface area contributed by atoms with Crippen molar-refractivity contribution in [1.29, 1.82) is 0 Å². The molecule has 1 amide bonds. The van der Waals surface area contributed by atoms with Crippen molar-refractivity contribution < 1.29 is 14.1 Å². The van der Waals surface area contributed by atoms with E-state index < -0.39 is 10.8 Å². The van der Waals surface area contributed by atoms with E-state index >= 15 is 0 Å². The number of furan rings is 1. The van der Waals surface area contributed by atoms with Gasteiger partial charge in [-0.05, 0) is 42.5 Å². The Morgan fingerprint density at radius 1 is 1.15 bits per heavy atom. The maximum Gasteiger partial charge on any atom is 0.293 e. The maximum absolute atomic E-state index is 12.3. The van der Waals surface area contributed by atoms with E-state index in [2.05, 4.69) is 10.6 Å². The highest BCUT2D eigenvalue weighted by Crippen LogP contribution is 2.27. The molecule has 0 spiro atoms. The van der Waals surface area contributed by atoms with Crippen molar-refractivity contribution in [2.75, 3.05) is 10.6 Å². The lowest BCUT2D eigenvalue weighted by atomic mass is 10.1. The molecule has 2 aromatic carbocycles. The predicted molar refractivity (Wildman–Crippen MR) is 98.5 cm³/mol. The largest absolute Gasteiger partial charge is 0.467 e. The molecule has 3 aromatic rings. The van der Waals surface area contributed by atoms with Gasteiger partial charge in [0.1, 0.15) is 11.4 Å². The van der Waals surface area contributed by atoms with Crippen LogP contribution in [0.25, 0.3) is 0 Å². The van der Waals surface area contributed by atoms with Crippen molar-refractivity contribution in [1.82, 2.24) is 0 Å². The lowest BCUT2D eigenvalue weighted by Gasteiger charge is -2.09. The van der Waals surface area contributed by atoms with Crippen LogP contribution in [0.2, 0.25) is 5.02 Å². The van der Waals surface area contributed by atoms with E-state index in [-0.39, 0.29) is 11.3 Å². The molecule has 3 rings (SSSR count). The molecule has 0 bridgehead atoms. The summed E-state index contributed by atoms with van der Waals surface area (Å²) >= 11 is 5.88. The molecule has 132 valence electrons. The van der Waals surface area contributed by atoms with Crippen molar-refractivity contribution in [2.24, 2.45) is 0 Å². The third kappa shape index (κ3) is 4.20. The zero-order valence-electron chi connectivity index (χ0n) is 13.4. The molecule has 0 aliphatic rings. The second-order valence-corrected chi connectivity index (χ2v) is 5.82. The normalized spacial score (nSPS) is 10.3. The molecule has 0 aliphatic carbocycles. The van der Waals surface area contributed by atoms with Gasteiger partial charge in [0.25, 0.3) is 11.6 Å². The number of nitro benzene ring substituents is 1. The molecule has 0 saturated heterocycles.